The number of nitrogens with one attached hydrogen (secondary N) is 2. The summed E-state index contributed by atoms with van der Waals surface area (Å²) in [5, 5.41) is 6.86. The molecule has 27 heavy (non-hydrogen) atoms. The van der Waals surface area contributed by atoms with Gasteiger partial charge < -0.3 is 24.7 Å². The third-order valence-corrected chi connectivity index (χ3v) is 4.46. The highest BCUT2D eigenvalue weighted by Gasteiger charge is 2.23. The maximum Gasteiger partial charge on any atom is 0.224 e. The Morgan fingerprint density at radius 3 is 2.85 bits per heavy atom. The Hall–Kier alpha value is -2.28. The first-order valence-electron chi connectivity index (χ1n) is 9.57. The monoisotopic (exact) mass is 376 g/mol. The quantitative estimate of drug-likeness (QED) is 0.391. The number of nitrogens with zero attached hydrogens (tertiary/aromatic N) is 2. The third kappa shape index (κ3) is 7.86. The van der Waals surface area contributed by atoms with Crippen molar-refractivity contribution in [2.24, 2.45) is 4.99 Å². The van der Waals surface area contributed by atoms with Gasteiger partial charge in [0.25, 0.3) is 0 Å². The van der Waals surface area contributed by atoms with Crippen LogP contribution < -0.4 is 10.6 Å². The van der Waals surface area contributed by atoms with E-state index < -0.39 is 0 Å². The molecule has 0 unspecified atom stereocenters. The third-order valence-electron chi connectivity index (χ3n) is 4.46. The van der Waals surface area contributed by atoms with E-state index in [1.165, 1.54) is 0 Å². The Balaban J connectivity index is 1.79. The van der Waals surface area contributed by atoms with Crippen LogP contribution in [0, 0.1) is 0 Å². The fourth-order valence-electron chi connectivity index (χ4n) is 2.94. The lowest BCUT2D eigenvalue weighted by atomic mass is 10.0. The molecule has 1 aliphatic heterocycles. The minimum Gasteiger partial charge on any atom is -0.469 e. The summed E-state index contributed by atoms with van der Waals surface area (Å²) in [7, 11) is 1.62. The lowest BCUT2D eigenvalue weighted by Gasteiger charge is -2.33. The predicted molar refractivity (Wildman–Crippen MR) is 107 cm³/mol. The summed E-state index contributed by atoms with van der Waals surface area (Å²) in [5.74, 6) is 1.90. The van der Waals surface area contributed by atoms with Gasteiger partial charge in [-0.3, -0.25) is 4.79 Å². The van der Waals surface area contributed by atoms with E-state index in [2.05, 4.69) is 22.2 Å². The van der Waals surface area contributed by atoms with Crippen molar-refractivity contribution in [1.29, 1.82) is 0 Å². The van der Waals surface area contributed by atoms with Crippen molar-refractivity contribution in [3.05, 3.63) is 36.3 Å². The van der Waals surface area contributed by atoms with Crippen molar-refractivity contribution in [3.63, 3.8) is 0 Å². The zero-order valence-corrected chi connectivity index (χ0v) is 16.5. The molecule has 1 amide bonds. The van der Waals surface area contributed by atoms with Gasteiger partial charge in [0.15, 0.2) is 5.96 Å². The Morgan fingerprint density at radius 1 is 1.44 bits per heavy atom. The summed E-state index contributed by atoms with van der Waals surface area (Å²) < 4.78 is 10.4. The first-order chi connectivity index (χ1) is 13.1. The number of methoxy groups -OCH3 is 1. The van der Waals surface area contributed by atoms with Crippen molar-refractivity contribution in [2.45, 2.75) is 38.6 Å². The van der Waals surface area contributed by atoms with Crippen LogP contribution in [0.5, 0.6) is 0 Å². The summed E-state index contributed by atoms with van der Waals surface area (Å²) in [6.45, 7) is 9.22. The molecule has 7 nitrogen and oxygen atoms in total. The van der Waals surface area contributed by atoms with Crippen LogP contribution in [-0.4, -0.2) is 62.7 Å². The van der Waals surface area contributed by atoms with Crippen LogP contribution in [-0.2, 0) is 16.0 Å². The molecule has 0 spiro atoms. The second-order valence-electron chi connectivity index (χ2n) is 6.92. The number of ether oxygens (including phenoxy) is 1. The summed E-state index contributed by atoms with van der Waals surface area (Å²) in [5.41, 5.74) is 1.01. The molecule has 1 aromatic rings. The molecule has 2 rings (SSSR count). The number of rotatable bonds is 9. The number of amides is 1. The lowest BCUT2D eigenvalue weighted by Crippen LogP contribution is -2.50. The van der Waals surface area contributed by atoms with Crippen molar-refractivity contribution >= 4 is 11.9 Å². The summed E-state index contributed by atoms with van der Waals surface area (Å²) >= 11 is 0. The van der Waals surface area contributed by atoms with Gasteiger partial charge in [0.1, 0.15) is 5.76 Å². The van der Waals surface area contributed by atoms with E-state index in [4.69, 9.17) is 9.15 Å². The fourth-order valence-corrected chi connectivity index (χ4v) is 2.94. The summed E-state index contributed by atoms with van der Waals surface area (Å²) in [6.07, 6.45) is 4.75. The van der Waals surface area contributed by atoms with Gasteiger partial charge in [-0.15, -0.1) is 0 Å². The number of likely N-dealkylation sites (tertiary alicyclic amines) is 1. The average molecular weight is 377 g/mol. The number of hydrogen-bond acceptors (Lipinski definition) is 4. The maximum atomic E-state index is 12.1. The van der Waals surface area contributed by atoms with Crippen LogP contribution in [0.1, 0.15) is 31.9 Å². The minimum absolute atomic E-state index is 0.169. The van der Waals surface area contributed by atoms with Crippen LogP contribution in [0.2, 0.25) is 0 Å². The highest BCUT2D eigenvalue weighted by Crippen LogP contribution is 2.11. The van der Waals surface area contributed by atoms with E-state index in [-0.39, 0.29) is 5.91 Å². The van der Waals surface area contributed by atoms with E-state index in [1.54, 1.807) is 13.4 Å². The van der Waals surface area contributed by atoms with Gasteiger partial charge in [-0.25, -0.2) is 4.99 Å². The Bertz CT molecular complexity index is 605. The molecule has 1 fully saturated rings. The number of furan rings is 1. The van der Waals surface area contributed by atoms with E-state index in [0.717, 1.165) is 56.2 Å². The Morgan fingerprint density at radius 2 is 2.22 bits per heavy atom. The number of guanidine groups is 1. The normalized spacial score (nSPS) is 15.6. The molecule has 0 bridgehead atoms. The Labute approximate surface area is 161 Å². The fraction of sp³-hybridized carbons (Fsp3) is 0.600. The predicted octanol–water partition coefficient (Wildman–Crippen LogP) is 1.96. The minimum atomic E-state index is 0.169. The van der Waals surface area contributed by atoms with Gasteiger partial charge in [0, 0.05) is 39.2 Å². The largest absolute Gasteiger partial charge is 0.469 e. The number of hydrogen-bond donors (Lipinski definition) is 2. The zero-order chi connectivity index (χ0) is 19.5. The van der Waals surface area contributed by atoms with E-state index in [9.17, 15) is 4.79 Å². The molecule has 2 heterocycles. The van der Waals surface area contributed by atoms with Crippen molar-refractivity contribution < 1.29 is 13.9 Å². The van der Waals surface area contributed by atoms with Gasteiger partial charge in [0.2, 0.25) is 5.91 Å². The molecule has 1 aliphatic rings. The smallest absolute Gasteiger partial charge is 0.224 e. The Kier molecular flexibility index (Phi) is 8.91. The highest BCUT2D eigenvalue weighted by molar-refractivity contribution is 5.80. The van der Waals surface area contributed by atoms with Crippen LogP contribution in [0.25, 0.3) is 0 Å². The lowest BCUT2D eigenvalue weighted by molar-refractivity contribution is -0.133. The number of carbonyl (C=O) groups excluding carboxylic acids is 1. The molecular weight excluding hydrogens is 344 g/mol. The van der Waals surface area contributed by atoms with E-state index in [0.29, 0.717) is 25.6 Å². The van der Waals surface area contributed by atoms with Gasteiger partial charge in [-0.2, -0.15) is 0 Å². The van der Waals surface area contributed by atoms with Gasteiger partial charge in [-0.05, 0) is 31.9 Å². The molecule has 7 heteroatoms. The van der Waals surface area contributed by atoms with Crippen LogP contribution in [0.3, 0.4) is 0 Å². The molecule has 0 atom stereocenters. The average Bonchev–Trinajstić information content (AvgIpc) is 3.18. The maximum absolute atomic E-state index is 12.1. The van der Waals surface area contributed by atoms with E-state index in [1.807, 2.05) is 24.0 Å². The molecule has 2 N–H and O–H groups in total. The van der Waals surface area contributed by atoms with Gasteiger partial charge in [-0.1, -0.05) is 12.2 Å². The zero-order valence-electron chi connectivity index (χ0n) is 16.5. The molecular formula is C20H32N4O3. The number of piperidine rings is 1. The molecule has 1 aromatic heterocycles. The highest BCUT2D eigenvalue weighted by atomic mass is 16.5. The van der Waals surface area contributed by atoms with Crippen molar-refractivity contribution in [1.82, 2.24) is 15.5 Å². The van der Waals surface area contributed by atoms with Crippen LogP contribution >= 0.6 is 0 Å². The molecule has 0 radical (unpaired) electrons. The molecule has 150 valence electrons. The molecule has 0 aromatic carbocycles. The number of aliphatic imine (C=N–C) groups is 1. The summed E-state index contributed by atoms with van der Waals surface area (Å²) in [6, 6.07) is 4.16. The van der Waals surface area contributed by atoms with Crippen LogP contribution in [0.4, 0.5) is 0 Å². The molecule has 1 saturated heterocycles. The van der Waals surface area contributed by atoms with Gasteiger partial charge >= 0.3 is 0 Å². The van der Waals surface area contributed by atoms with Crippen molar-refractivity contribution in [2.75, 3.05) is 39.9 Å². The SMILES string of the molecule is C=C(C)CN=C(NCCc1ccco1)NC1CCN(C(=O)CCOC)CC1. The summed E-state index contributed by atoms with van der Waals surface area (Å²) in [4.78, 5) is 18.6. The first kappa shape index (κ1) is 21.0. The molecule has 0 aliphatic carbocycles. The van der Waals surface area contributed by atoms with Gasteiger partial charge in [0.05, 0.1) is 25.8 Å². The second-order valence-corrected chi connectivity index (χ2v) is 6.92. The van der Waals surface area contributed by atoms with Crippen molar-refractivity contribution in [3.8, 4) is 0 Å². The molecule has 0 saturated carbocycles. The van der Waals surface area contributed by atoms with E-state index >= 15 is 0 Å². The second kappa shape index (κ2) is 11.4. The topological polar surface area (TPSA) is 79.1 Å². The standard InChI is InChI=1S/C20H32N4O3/c1-16(2)15-22-20(21-10-6-18-5-4-13-27-18)23-17-7-11-24(12-8-17)19(25)9-14-26-3/h4-5,13,17H,1,6-12,14-15H2,2-3H3,(H2,21,22,23). The van der Waals surface area contributed by atoms with Crippen LogP contribution in [0.15, 0.2) is 40.0 Å². The first-order valence-corrected chi connectivity index (χ1v) is 9.57. The number of carbonyl (C=O) groups is 1.